The lowest BCUT2D eigenvalue weighted by atomic mass is 10.2. The van der Waals surface area contributed by atoms with Crippen LogP contribution in [0, 0.1) is 0 Å². The first kappa shape index (κ1) is 18.0. The van der Waals surface area contributed by atoms with E-state index in [0.29, 0.717) is 23.4 Å². The highest BCUT2D eigenvalue weighted by Gasteiger charge is 2.38. The van der Waals surface area contributed by atoms with Gasteiger partial charge >= 0.3 is 17.8 Å². The molecule has 1 atom stereocenters. The number of ether oxygens (including phenoxy) is 2. The number of amides is 1. The van der Waals surface area contributed by atoms with Crippen LogP contribution in [-0.2, 0) is 14.3 Å². The van der Waals surface area contributed by atoms with E-state index in [1.807, 2.05) is 20.8 Å². The second kappa shape index (κ2) is 7.23. The van der Waals surface area contributed by atoms with Gasteiger partial charge in [-0.1, -0.05) is 13.3 Å². The molecule has 3 rings (SSSR count). The number of rotatable bonds is 6. The third kappa shape index (κ3) is 3.31. The quantitative estimate of drug-likeness (QED) is 0.580. The molecule has 0 bridgehead atoms. The molecule has 0 unspecified atom stereocenters. The molecule has 1 amide bonds. The molecule has 1 fully saturated rings. The number of benzene rings is 1. The lowest BCUT2D eigenvalue weighted by molar-refractivity contribution is -0.151. The number of hydrogen-bond acceptors (Lipinski definition) is 6. The monoisotopic (exact) mass is 362 g/mol. The Hall–Kier alpha value is -2.77. The van der Waals surface area contributed by atoms with Crippen LogP contribution in [0.2, 0.25) is 0 Å². The van der Waals surface area contributed by atoms with E-state index in [9.17, 15) is 14.4 Å². The molecule has 8 heteroatoms. The van der Waals surface area contributed by atoms with Crippen molar-refractivity contribution in [2.24, 2.45) is 0 Å². The molecule has 1 aromatic heterocycles. The third-order valence-corrected chi connectivity index (χ3v) is 4.24. The second-order valence-corrected chi connectivity index (χ2v) is 6.49. The number of anilines is 1. The zero-order valence-electron chi connectivity index (χ0n) is 15.1. The van der Waals surface area contributed by atoms with Crippen molar-refractivity contribution in [2.75, 3.05) is 18.1 Å². The zero-order chi connectivity index (χ0) is 18.8. The predicted octanol–water partition coefficient (Wildman–Crippen LogP) is 2.84. The number of cyclic esters (lactones) is 1. The summed E-state index contributed by atoms with van der Waals surface area (Å²) in [5.74, 6) is -0.999. The number of oxazole rings is 1. The number of carbonyl (C=O) groups is 2. The summed E-state index contributed by atoms with van der Waals surface area (Å²) in [5, 5.41) is 0. The molecule has 1 saturated heterocycles. The molecule has 8 nitrogen and oxygen atoms in total. The molecule has 2 aromatic rings. The first-order valence-electron chi connectivity index (χ1n) is 8.72. The summed E-state index contributed by atoms with van der Waals surface area (Å²) in [4.78, 5) is 37.4. The summed E-state index contributed by atoms with van der Waals surface area (Å²) in [6, 6.07) is 4.97. The van der Waals surface area contributed by atoms with Gasteiger partial charge in [-0.25, -0.2) is 14.4 Å². The number of aromatic nitrogens is 1. The minimum Gasteiger partial charge on any atom is -0.463 e. The topological polar surface area (TPSA) is 91.0 Å². The lowest BCUT2D eigenvalue weighted by Gasteiger charge is -2.13. The first-order valence-corrected chi connectivity index (χ1v) is 8.72. The maximum Gasteiger partial charge on any atom is 0.420 e. The van der Waals surface area contributed by atoms with Crippen LogP contribution < -0.4 is 10.7 Å². The highest BCUT2D eigenvalue weighted by molar-refractivity contribution is 5.95. The fourth-order valence-electron chi connectivity index (χ4n) is 2.89. The molecule has 0 spiro atoms. The third-order valence-electron chi connectivity index (χ3n) is 4.24. The molecule has 26 heavy (non-hydrogen) atoms. The van der Waals surface area contributed by atoms with Crippen LogP contribution in [0.1, 0.15) is 39.7 Å². The highest BCUT2D eigenvalue weighted by Crippen LogP contribution is 2.27. The Balaban J connectivity index is 1.80. The van der Waals surface area contributed by atoms with Crippen LogP contribution in [0.25, 0.3) is 11.1 Å². The molecule has 1 aromatic carbocycles. The van der Waals surface area contributed by atoms with Gasteiger partial charge < -0.3 is 13.9 Å². The van der Waals surface area contributed by atoms with E-state index in [-0.39, 0.29) is 12.6 Å². The number of esters is 1. The van der Waals surface area contributed by atoms with Gasteiger partial charge in [0.25, 0.3) is 0 Å². The number of carbonyl (C=O) groups excluding carboxylic acids is 2. The van der Waals surface area contributed by atoms with Crippen LogP contribution in [0.3, 0.4) is 0 Å². The summed E-state index contributed by atoms with van der Waals surface area (Å²) < 4.78 is 17.0. The Labute approximate surface area is 150 Å². The van der Waals surface area contributed by atoms with Crippen molar-refractivity contribution >= 4 is 28.8 Å². The van der Waals surface area contributed by atoms with Crippen molar-refractivity contribution in [3.8, 4) is 0 Å². The SMILES string of the molecule is CCCCOC(=O)[C@H]1CN(c2ccc3c(c2)oc(=O)n3C(C)C)C(=O)O1. The van der Waals surface area contributed by atoms with Crippen LogP contribution in [0.4, 0.5) is 10.5 Å². The zero-order valence-corrected chi connectivity index (χ0v) is 15.1. The molecule has 0 N–H and O–H groups in total. The summed E-state index contributed by atoms with van der Waals surface area (Å²) in [6.45, 7) is 6.13. The van der Waals surface area contributed by atoms with Crippen LogP contribution in [0.15, 0.2) is 27.4 Å². The minimum atomic E-state index is -0.956. The Bertz CT molecular complexity index is 881. The van der Waals surface area contributed by atoms with E-state index < -0.39 is 23.9 Å². The standard InChI is InChI=1S/C18H22N2O6/c1-4-5-8-24-16(21)15-10-19(17(22)26-15)12-6-7-13-14(9-12)25-18(23)20(13)11(2)3/h6-7,9,11,15H,4-5,8,10H2,1-3H3/t15-/m1/s1. The number of fused-ring (bicyclic) bond motifs is 1. The average Bonchev–Trinajstić information content (AvgIpc) is 3.13. The normalized spacial score (nSPS) is 17.2. The highest BCUT2D eigenvalue weighted by atomic mass is 16.6. The van der Waals surface area contributed by atoms with Crippen molar-refractivity contribution < 1.29 is 23.5 Å². The fourth-order valence-corrected chi connectivity index (χ4v) is 2.89. The van der Waals surface area contributed by atoms with Crippen LogP contribution in [-0.4, -0.2) is 35.9 Å². The summed E-state index contributed by atoms with van der Waals surface area (Å²) in [6.07, 6.45) is 0.0822. The molecule has 0 radical (unpaired) electrons. The van der Waals surface area contributed by atoms with Crippen LogP contribution >= 0.6 is 0 Å². The maximum atomic E-state index is 12.1. The van der Waals surface area contributed by atoms with E-state index in [1.54, 1.807) is 18.2 Å². The van der Waals surface area contributed by atoms with Gasteiger partial charge in [0.1, 0.15) is 0 Å². The predicted molar refractivity (Wildman–Crippen MR) is 94.3 cm³/mol. The van der Waals surface area contributed by atoms with Crippen molar-refractivity contribution in [1.29, 1.82) is 0 Å². The Morgan fingerprint density at radius 3 is 2.81 bits per heavy atom. The summed E-state index contributed by atoms with van der Waals surface area (Å²) in [7, 11) is 0. The Morgan fingerprint density at radius 1 is 1.35 bits per heavy atom. The Morgan fingerprint density at radius 2 is 2.12 bits per heavy atom. The number of unbranched alkanes of at least 4 members (excludes halogenated alkanes) is 1. The molecular weight excluding hydrogens is 340 g/mol. The largest absolute Gasteiger partial charge is 0.463 e. The molecule has 1 aliphatic heterocycles. The first-order chi connectivity index (χ1) is 12.4. The smallest absolute Gasteiger partial charge is 0.420 e. The number of hydrogen-bond donors (Lipinski definition) is 0. The Kier molecular flexibility index (Phi) is 5.01. The van der Waals surface area contributed by atoms with E-state index in [2.05, 4.69) is 0 Å². The van der Waals surface area contributed by atoms with E-state index in [4.69, 9.17) is 13.9 Å². The minimum absolute atomic E-state index is 0.0476. The van der Waals surface area contributed by atoms with Crippen molar-refractivity contribution in [2.45, 2.75) is 45.8 Å². The van der Waals surface area contributed by atoms with E-state index in [1.165, 1.54) is 9.47 Å². The van der Waals surface area contributed by atoms with Gasteiger partial charge in [0, 0.05) is 12.1 Å². The lowest BCUT2D eigenvalue weighted by Crippen LogP contribution is -2.29. The van der Waals surface area contributed by atoms with Gasteiger partial charge in [-0.3, -0.25) is 9.47 Å². The van der Waals surface area contributed by atoms with Gasteiger partial charge in [-0.2, -0.15) is 0 Å². The molecule has 0 saturated carbocycles. The molecule has 140 valence electrons. The van der Waals surface area contributed by atoms with Crippen LogP contribution in [0.5, 0.6) is 0 Å². The molecular formula is C18H22N2O6. The van der Waals surface area contributed by atoms with Gasteiger partial charge in [-0.15, -0.1) is 0 Å². The van der Waals surface area contributed by atoms with E-state index >= 15 is 0 Å². The van der Waals surface area contributed by atoms with Gasteiger partial charge in [0.15, 0.2) is 5.58 Å². The van der Waals surface area contributed by atoms with Crippen molar-refractivity contribution in [3.63, 3.8) is 0 Å². The number of nitrogens with zero attached hydrogens (tertiary/aromatic N) is 2. The van der Waals surface area contributed by atoms with Gasteiger partial charge in [-0.05, 0) is 32.4 Å². The summed E-state index contributed by atoms with van der Waals surface area (Å²) in [5.41, 5.74) is 1.52. The molecule has 2 heterocycles. The molecule has 0 aliphatic carbocycles. The fraction of sp³-hybridized carbons (Fsp3) is 0.500. The molecule has 1 aliphatic rings. The maximum absolute atomic E-state index is 12.1. The van der Waals surface area contributed by atoms with Crippen molar-refractivity contribution in [3.05, 3.63) is 28.7 Å². The van der Waals surface area contributed by atoms with E-state index in [0.717, 1.165) is 12.8 Å². The summed E-state index contributed by atoms with van der Waals surface area (Å²) >= 11 is 0. The second-order valence-electron chi connectivity index (χ2n) is 6.49. The van der Waals surface area contributed by atoms with Gasteiger partial charge in [0.2, 0.25) is 6.10 Å². The average molecular weight is 362 g/mol. The van der Waals surface area contributed by atoms with Crippen molar-refractivity contribution in [1.82, 2.24) is 4.57 Å². The van der Waals surface area contributed by atoms with Gasteiger partial charge in [0.05, 0.1) is 24.4 Å².